The fraction of sp³-hybridized carbons (Fsp3) is 0.333. The van der Waals surface area contributed by atoms with Gasteiger partial charge in [0.1, 0.15) is 5.82 Å². The van der Waals surface area contributed by atoms with Gasteiger partial charge >= 0.3 is 6.03 Å². The standard InChI is InChI=1S/C15H18N4OS/c1-11-13(18-15(20)17-12-6-9-21-10-12)4-5-14(16-11)19-7-2-3-8-19/h4-6,9-10H,2-3,7-8H2,1H3,(H2,17,18,20). The molecule has 0 unspecified atom stereocenters. The molecular weight excluding hydrogens is 284 g/mol. The third-order valence-corrected chi connectivity index (χ3v) is 4.21. The van der Waals surface area contributed by atoms with Crippen molar-refractivity contribution in [3.05, 3.63) is 34.7 Å². The first-order chi connectivity index (χ1) is 10.2. The lowest BCUT2D eigenvalue weighted by Gasteiger charge is -2.18. The van der Waals surface area contributed by atoms with Crippen molar-refractivity contribution < 1.29 is 4.79 Å². The summed E-state index contributed by atoms with van der Waals surface area (Å²) in [5, 5.41) is 9.44. The van der Waals surface area contributed by atoms with Crippen LogP contribution >= 0.6 is 11.3 Å². The van der Waals surface area contributed by atoms with Gasteiger partial charge in [0.25, 0.3) is 0 Å². The van der Waals surface area contributed by atoms with Crippen LogP contribution in [0.1, 0.15) is 18.5 Å². The minimum absolute atomic E-state index is 0.243. The van der Waals surface area contributed by atoms with Gasteiger partial charge in [-0.15, -0.1) is 0 Å². The fourth-order valence-corrected chi connectivity index (χ4v) is 3.01. The molecule has 0 aromatic carbocycles. The Morgan fingerprint density at radius 3 is 2.71 bits per heavy atom. The highest BCUT2D eigenvalue weighted by atomic mass is 32.1. The van der Waals surface area contributed by atoms with Crippen molar-refractivity contribution in [3.63, 3.8) is 0 Å². The number of aromatic nitrogens is 1. The van der Waals surface area contributed by atoms with E-state index in [1.54, 1.807) is 11.3 Å². The predicted octanol–water partition coefficient (Wildman–Crippen LogP) is 3.70. The van der Waals surface area contributed by atoms with Crippen LogP contribution in [0.25, 0.3) is 0 Å². The third-order valence-electron chi connectivity index (χ3n) is 3.53. The number of anilines is 3. The molecule has 6 heteroatoms. The number of hydrogen-bond donors (Lipinski definition) is 2. The van der Waals surface area contributed by atoms with E-state index >= 15 is 0 Å². The summed E-state index contributed by atoms with van der Waals surface area (Å²) in [6.07, 6.45) is 2.45. The van der Waals surface area contributed by atoms with E-state index in [1.807, 2.05) is 35.9 Å². The van der Waals surface area contributed by atoms with Gasteiger partial charge in [-0.3, -0.25) is 0 Å². The molecule has 2 aromatic heterocycles. The van der Waals surface area contributed by atoms with Crippen LogP contribution in [-0.4, -0.2) is 24.1 Å². The van der Waals surface area contributed by atoms with E-state index in [0.717, 1.165) is 36.0 Å². The molecule has 2 amide bonds. The van der Waals surface area contributed by atoms with Crippen LogP contribution in [0.2, 0.25) is 0 Å². The molecule has 3 heterocycles. The summed E-state index contributed by atoms with van der Waals surface area (Å²) in [4.78, 5) is 18.8. The lowest BCUT2D eigenvalue weighted by atomic mass is 10.3. The van der Waals surface area contributed by atoms with Crippen molar-refractivity contribution in [2.45, 2.75) is 19.8 Å². The summed E-state index contributed by atoms with van der Waals surface area (Å²) in [7, 11) is 0. The predicted molar refractivity (Wildman–Crippen MR) is 87.4 cm³/mol. The molecule has 0 aliphatic carbocycles. The maximum Gasteiger partial charge on any atom is 0.323 e. The monoisotopic (exact) mass is 302 g/mol. The van der Waals surface area contributed by atoms with Gasteiger partial charge in [-0.25, -0.2) is 9.78 Å². The zero-order valence-corrected chi connectivity index (χ0v) is 12.7. The van der Waals surface area contributed by atoms with Gasteiger partial charge in [-0.2, -0.15) is 11.3 Å². The number of thiophene rings is 1. The summed E-state index contributed by atoms with van der Waals surface area (Å²) in [5.41, 5.74) is 2.38. The Balaban J connectivity index is 1.66. The van der Waals surface area contributed by atoms with Crippen molar-refractivity contribution in [2.24, 2.45) is 0 Å². The number of amides is 2. The van der Waals surface area contributed by atoms with Crippen molar-refractivity contribution >= 4 is 34.6 Å². The highest BCUT2D eigenvalue weighted by Gasteiger charge is 2.14. The minimum atomic E-state index is -0.243. The van der Waals surface area contributed by atoms with Crippen molar-refractivity contribution in [3.8, 4) is 0 Å². The zero-order chi connectivity index (χ0) is 14.7. The van der Waals surface area contributed by atoms with E-state index in [0.29, 0.717) is 0 Å². The molecule has 0 atom stereocenters. The Morgan fingerprint density at radius 2 is 2.05 bits per heavy atom. The van der Waals surface area contributed by atoms with E-state index in [4.69, 9.17) is 0 Å². The molecule has 3 rings (SSSR count). The van der Waals surface area contributed by atoms with Gasteiger partial charge in [0.05, 0.1) is 17.1 Å². The normalized spacial score (nSPS) is 14.2. The molecule has 110 valence electrons. The molecule has 2 aromatic rings. The number of urea groups is 1. The number of hydrogen-bond acceptors (Lipinski definition) is 4. The summed E-state index contributed by atoms with van der Waals surface area (Å²) >= 11 is 1.55. The van der Waals surface area contributed by atoms with Crippen molar-refractivity contribution in [2.75, 3.05) is 28.6 Å². The average Bonchev–Trinajstić information content (AvgIpc) is 3.13. The van der Waals surface area contributed by atoms with Crippen LogP contribution < -0.4 is 15.5 Å². The van der Waals surface area contributed by atoms with Gasteiger partial charge < -0.3 is 15.5 Å². The molecular formula is C15H18N4OS. The minimum Gasteiger partial charge on any atom is -0.357 e. The van der Waals surface area contributed by atoms with Crippen LogP contribution in [0.3, 0.4) is 0 Å². The Hall–Kier alpha value is -2.08. The van der Waals surface area contributed by atoms with Crippen LogP contribution in [-0.2, 0) is 0 Å². The van der Waals surface area contributed by atoms with E-state index < -0.39 is 0 Å². The maximum atomic E-state index is 11.9. The van der Waals surface area contributed by atoms with E-state index in [-0.39, 0.29) is 6.03 Å². The average molecular weight is 302 g/mol. The Kier molecular flexibility index (Phi) is 4.06. The second-order valence-electron chi connectivity index (χ2n) is 5.09. The molecule has 1 aliphatic heterocycles. The number of carbonyl (C=O) groups excluding carboxylic acids is 1. The zero-order valence-electron chi connectivity index (χ0n) is 11.9. The first-order valence-corrected chi connectivity index (χ1v) is 7.99. The molecule has 1 saturated heterocycles. The number of aryl methyl sites for hydroxylation is 1. The van der Waals surface area contributed by atoms with Gasteiger partial charge in [-0.05, 0) is 43.3 Å². The Bertz CT molecular complexity index is 621. The largest absolute Gasteiger partial charge is 0.357 e. The van der Waals surface area contributed by atoms with Crippen LogP contribution in [0.4, 0.5) is 22.0 Å². The van der Waals surface area contributed by atoms with Crippen LogP contribution in [0.5, 0.6) is 0 Å². The molecule has 5 nitrogen and oxygen atoms in total. The molecule has 0 saturated carbocycles. The second-order valence-corrected chi connectivity index (χ2v) is 5.87. The van der Waals surface area contributed by atoms with Crippen LogP contribution in [0.15, 0.2) is 29.0 Å². The van der Waals surface area contributed by atoms with Gasteiger partial charge in [0.15, 0.2) is 0 Å². The summed E-state index contributed by atoms with van der Waals surface area (Å²) < 4.78 is 0. The molecule has 0 radical (unpaired) electrons. The molecule has 1 aliphatic rings. The molecule has 21 heavy (non-hydrogen) atoms. The summed E-state index contributed by atoms with van der Waals surface area (Å²) in [5.74, 6) is 0.994. The third kappa shape index (κ3) is 3.33. The van der Waals surface area contributed by atoms with Gasteiger partial charge in [0.2, 0.25) is 0 Å². The fourth-order valence-electron chi connectivity index (χ4n) is 2.42. The van der Waals surface area contributed by atoms with Crippen molar-refractivity contribution in [1.82, 2.24) is 4.98 Å². The second kappa shape index (κ2) is 6.13. The van der Waals surface area contributed by atoms with E-state index in [2.05, 4.69) is 20.5 Å². The highest BCUT2D eigenvalue weighted by Crippen LogP contribution is 2.22. The number of rotatable bonds is 3. The van der Waals surface area contributed by atoms with Crippen LogP contribution in [0, 0.1) is 6.92 Å². The molecule has 2 N–H and O–H groups in total. The Morgan fingerprint density at radius 1 is 1.24 bits per heavy atom. The Labute approximate surface area is 128 Å². The summed E-state index contributed by atoms with van der Waals surface area (Å²) in [6, 6.07) is 5.51. The smallest absolute Gasteiger partial charge is 0.323 e. The molecule has 1 fully saturated rings. The quantitative estimate of drug-likeness (QED) is 0.909. The number of carbonyl (C=O) groups is 1. The number of nitrogens with zero attached hydrogens (tertiary/aromatic N) is 2. The van der Waals surface area contributed by atoms with Crippen molar-refractivity contribution in [1.29, 1.82) is 0 Å². The maximum absolute atomic E-state index is 11.9. The first-order valence-electron chi connectivity index (χ1n) is 7.05. The highest BCUT2D eigenvalue weighted by molar-refractivity contribution is 7.08. The lowest BCUT2D eigenvalue weighted by molar-refractivity contribution is 0.262. The molecule has 0 bridgehead atoms. The topological polar surface area (TPSA) is 57.3 Å². The van der Waals surface area contributed by atoms with Gasteiger partial charge in [-0.1, -0.05) is 0 Å². The van der Waals surface area contributed by atoms with E-state index in [9.17, 15) is 4.79 Å². The summed E-state index contributed by atoms with van der Waals surface area (Å²) in [6.45, 7) is 4.05. The van der Waals surface area contributed by atoms with Gasteiger partial charge in [0, 0.05) is 18.5 Å². The number of pyridine rings is 1. The first kappa shape index (κ1) is 13.9. The number of nitrogens with one attached hydrogen (secondary N) is 2. The SMILES string of the molecule is Cc1nc(N2CCCC2)ccc1NC(=O)Nc1ccsc1. The molecule has 0 spiro atoms. The lowest BCUT2D eigenvalue weighted by Crippen LogP contribution is -2.21. The van der Waals surface area contributed by atoms with E-state index in [1.165, 1.54) is 12.8 Å².